The van der Waals surface area contributed by atoms with E-state index < -0.39 is 43.2 Å². The van der Waals surface area contributed by atoms with Crippen LogP contribution in [-0.4, -0.2) is 43.2 Å². The van der Waals surface area contributed by atoms with Crippen LogP contribution in [0.15, 0.2) is 0 Å². The van der Waals surface area contributed by atoms with Crippen molar-refractivity contribution in [2.45, 2.75) is 62.8 Å². The van der Waals surface area contributed by atoms with Crippen molar-refractivity contribution in [3.8, 4) is 0 Å². The minimum Gasteiger partial charge on any atom is -0.242 e. The number of alkyl halides is 9. The lowest BCUT2D eigenvalue weighted by Crippen LogP contribution is -2.81. The van der Waals surface area contributed by atoms with E-state index in [1.54, 1.807) is 0 Å². The van der Waals surface area contributed by atoms with Gasteiger partial charge in [-0.3, -0.25) is 0 Å². The molecule has 21 heavy (non-hydrogen) atoms. The molecule has 0 saturated carbocycles. The molecule has 0 saturated heterocycles. The van der Waals surface area contributed by atoms with Gasteiger partial charge in [0.2, 0.25) is 0 Å². The van der Waals surface area contributed by atoms with Crippen molar-refractivity contribution in [2.75, 3.05) is 0 Å². The van der Waals surface area contributed by atoms with Crippen LogP contribution in [0.4, 0.5) is 39.5 Å². The smallest absolute Gasteiger partial charge is 0.242 e. The van der Waals surface area contributed by atoms with Crippen LogP contribution in [-0.2, 0) is 0 Å². The first-order chi connectivity index (χ1) is 9.14. The Bertz CT molecular complexity index is 301. The maximum Gasteiger partial charge on any atom is 0.314 e. The molecule has 0 bridgehead atoms. The fourth-order valence-electron chi connectivity index (χ4n) is 2.19. The Kier molecular flexibility index (Phi) is 5.88. The average molecular weight is 347 g/mol. The van der Waals surface area contributed by atoms with E-state index in [0.717, 1.165) is 0 Å². The molecule has 0 aliphatic carbocycles. The summed E-state index contributed by atoms with van der Waals surface area (Å²) in [7, 11) is -6.89. The predicted octanol–water partition coefficient (Wildman–Crippen LogP) is 4.80. The van der Waals surface area contributed by atoms with Crippen LogP contribution >= 0.6 is 0 Å². The fraction of sp³-hybridized carbons (Fsp3) is 0.909. The molecule has 127 valence electrons. The molecule has 0 rings (SSSR count). The topological polar surface area (TPSA) is 0 Å². The van der Waals surface area contributed by atoms with Crippen LogP contribution in [0.2, 0.25) is 0 Å². The van der Waals surface area contributed by atoms with E-state index in [4.69, 9.17) is 0 Å². The number of halogens is 9. The predicted molar refractivity (Wildman–Crippen MR) is 62.3 cm³/mol. The van der Waals surface area contributed by atoms with Gasteiger partial charge in [-0.1, -0.05) is 6.92 Å². The van der Waals surface area contributed by atoms with E-state index >= 15 is 0 Å². The van der Waals surface area contributed by atoms with Crippen molar-refractivity contribution >= 4 is 8.07 Å². The highest BCUT2D eigenvalue weighted by Gasteiger charge is 2.85. The van der Waals surface area contributed by atoms with Crippen molar-refractivity contribution in [2.24, 2.45) is 0 Å². The van der Waals surface area contributed by atoms with Crippen molar-refractivity contribution in [3.05, 3.63) is 6.04 Å². The maximum atomic E-state index is 13.9. The van der Waals surface area contributed by atoms with Gasteiger partial charge in [0.15, 0.2) is 18.5 Å². The zero-order valence-electron chi connectivity index (χ0n) is 11.7. The quantitative estimate of drug-likeness (QED) is 0.459. The second kappa shape index (κ2) is 6.00. The number of rotatable bonds is 7. The summed E-state index contributed by atoms with van der Waals surface area (Å²) in [6.07, 6.45) is -10.3. The van der Waals surface area contributed by atoms with Crippen molar-refractivity contribution in [3.63, 3.8) is 0 Å². The van der Waals surface area contributed by atoms with Crippen molar-refractivity contribution < 1.29 is 39.5 Å². The fourth-order valence-corrected chi connectivity index (χ4v) is 6.56. The van der Waals surface area contributed by atoms with E-state index in [9.17, 15) is 39.5 Å². The molecule has 0 fully saturated rings. The highest BCUT2D eigenvalue weighted by Crippen LogP contribution is 2.54. The minimum atomic E-state index is -6.89. The summed E-state index contributed by atoms with van der Waals surface area (Å²) in [5, 5.41) is 0. The third kappa shape index (κ3) is 2.68. The molecule has 1 radical (unpaired) electrons. The Balaban J connectivity index is 6.64. The lowest BCUT2D eigenvalue weighted by molar-refractivity contribution is -0.0942. The lowest BCUT2D eigenvalue weighted by atomic mass is 10.4. The van der Waals surface area contributed by atoms with Gasteiger partial charge in [-0.05, 0) is 26.8 Å². The zero-order valence-corrected chi connectivity index (χ0v) is 12.7. The van der Waals surface area contributed by atoms with Gasteiger partial charge in [0, 0.05) is 0 Å². The molecule has 0 spiro atoms. The molecule has 3 atom stereocenters. The van der Waals surface area contributed by atoms with Gasteiger partial charge in [-0.2, -0.15) is 0 Å². The summed E-state index contributed by atoms with van der Waals surface area (Å²) in [6, 6.07) is -0.269. The summed E-state index contributed by atoms with van der Waals surface area (Å²) in [5.74, 6) is 0. The van der Waals surface area contributed by atoms with Crippen LogP contribution in [0.3, 0.4) is 0 Å². The standard InChI is InChI=1S/C11H16F9Si/c1-5-21(9(15,16)6(2)12,10(17,18)7(3)13)11(19,20)8(4)14/h5-8H,1-4H3. The van der Waals surface area contributed by atoms with Gasteiger partial charge in [0.1, 0.15) is 0 Å². The van der Waals surface area contributed by atoms with Gasteiger partial charge < -0.3 is 0 Å². The molecule has 0 aliphatic rings. The monoisotopic (exact) mass is 347 g/mol. The highest BCUT2D eigenvalue weighted by molar-refractivity contribution is 6.89. The second-order valence-electron chi connectivity index (χ2n) is 4.81. The first kappa shape index (κ1) is 20.6. The van der Waals surface area contributed by atoms with Gasteiger partial charge in [0.05, 0.1) is 0 Å². The maximum absolute atomic E-state index is 13.9. The molecular weight excluding hydrogens is 331 g/mol. The molecular formula is C11H16F9Si. The Hall–Kier alpha value is -0.413. The van der Waals surface area contributed by atoms with Crippen molar-refractivity contribution in [1.29, 1.82) is 0 Å². The SMILES string of the molecule is C[CH][Si](C(F)(F)C(C)F)(C(F)(F)C(C)F)C(F)(F)C(C)F. The summed E-state index contributed by atoms with van der Waals surface area (Å²) in [4.78, 5) is 0. The third-order valence-electron chi connectivity index (χ3n) is 3.51. The third-order valence-corrected chi connectivity index (χ3v) is 8.72. The molecule has 0 aromatic carbocycles. The first-order valence-electron chi connectivity index (χ1n) is 6.00. The van der Waals surface area contributed by atoms with E-state index in [2.05, 4.69) is 0 Å². The van der Waals surface area contributed by atoms with Crippen LogP contribution in [0.5, 0.6) is 0 Å². The van der Waals surface area contributed by atoms with Crippen LogP contribution in [0, 0.1) is 6.04 Å². The summed E-state index contributed by atoms with van der Waals surface area (Å²) < 4.78 is 123. The summed E-state index contributed by atoms with van der Waals surface area (Å²) in [5.41, 5.74) is -15.8. The van der Waals surface area contributed by atoms with Gasteiger partial charge >= 0.3 is 8.07 Å². The van der Waals surface area contributed by atoms with E-state index in [-0.39, 0.29) is 26.8 Å². The lowest BCUT2D eigenvalue weighted by Gasteiger charge is -2.47. The molecule has 3 unspecified atom stereocenters. The van der Waals surface area contributed by atoms with Crippen LogP contribution < -0.4 is 0 Å². The number of hydrogen-bond acceptors (Lipinski definition) is 0. The van der Waals surface area contributed by atoms with E-state index in [1.165, 1.54) is 0 Å². The Morgan fingerprint density at radius 2 is 0.857 bits per heavy atom. The molecule has 0 nitrogen and oxygen atoms in total. The molecule has 0 amide bonds. The Morgan fingerprint density at radius 3 is 0.952 bits per heavy atom. The van der Waals surface area contributed by atoms with E-state index in [1.807, 2.05) is 0 Å². The first-order valence-corrected chi connectivity index (χ1v) is 8.08. The van der Waals surface area contributed by atoms with Crippen LogP contribution in [0.1, 0.15) is 27.7 Å². The van der Waals surface area contributed by atoms with Gasteiger partial charge in [-0.25, -0.2) is 39.5 Å². The summed E-state index contributed by atoms with van der Waals surface area (Å²) >= 11 is 0. The zero-order chi connectivity index (χ0) is 17.4. The Morgan fingerprint density at radius 1 is 0.667 bits per heavy atom. The van der Waals surface area contributed by atoms with E-state index in [0.29, 0.717) is 6.92 Å². The number of hydrogen-bond donors (Lipinski definition) is 0. The molecule has 0 N–H and O–H groups in total. The second-order valence-corrected chi connectivity index (χ2v) is 9.01. The normalized spacial score (nSPS) is 21.6. The largest absolute Gasteiger partial charge is 0.314 e. The highest BCUT2D eigenvalue weighted by atomic mass is 28.3. The average Bonchev–Trinajstić information content (AvgIpc) is 2.28. The molecule has 0 heterocycles. The van der Waals surface area contributed by atoms with Gasteiger partial charge in [-0.15, -0.1) is 0 Å². The van der Waals surface area contributed by atoms with Gasteiger partial charge in [0.25, 0.3) is 16.6 Å². The molecule has 0 aromatic heterocycles. The summed E-state index contributed by atoms with van der Waals surface area (Å²) in [6.45, 7) is 0.727. The molecule has 0 aromatic rings. The molecule has 10 heteroatoms. The molecule has 0 aliphatic heterocycles. The Labute approximate surface area is 117 Å². The minimum absolute atomic E-state index is 0.100. The van der Waals surface area contributed by atoms with Crippen molar-refractivity contribution in [1.82, 2.24) is 0 Å². The van der Waals surface area contributed by atoms with Crippen LogP contribution in [0.25, 0.3) is 0 Å².